The number of halogens is 1. The monoisotopic (exact) mass is 460 g/mol. The summed E-state index contributed by atoms with van der Waals surface area (Å²) in [5.41, 5.74) is 1.40. The van der Waals surface area contributed by atoms with Crippen molar-refractivity contribution < 1.29 is 14.3 Å². The summed E-state index contributed by atoms with van der Waals surface area (Å²) >= 11 is 6.47. The Hall–Kier alpha value is -0.930. The standard InChI is InChI=1S/C28H41ClO3/c1-6-7-8-13-32-28(19(3)30)12-10-23-22-14-18(2)25-16-21(31)15-20(17-29)27(25,5)24(22)9-11-26(23,28)4/h16,20,22-24H,2,6-15,17H2,1,3-5H3/t20?,22-,23-,24-,26-,27+,28-/m0/s1. The van der Waals surface area contributed by atoms with Gasteiger partial charge >= 0.3 is 0 Å². The maximum Gasteiger partial charge on any atom is 0.162 e. The summed E-state index contributed by atoms with van der Waals surface area (Å²) in [6, 6.07) is 0. The fourth-order valence-electron chi connectivity index (χ4n) is 8.48. The highest BCUT2D eigenvalue weighted by atomic mass is 35.5. The van der Waals surface area contributed by atoms with Gasteiger partial charge in [-0.1, -0.05) is 45.8 Å². The molecule has 0 amide bonds. The second kappa shape index (κ2) is 8.69. The second-order valence-corrected chi connectivity index (χ2v) is 11.8. The summed E-state index contributed by atoms with van der Waals surface area (Å²) in [4.78, 5) is 25.6. The summed E-state index contributed by atoms with van der Waals surface area (Å²) in [5.74, 6) is 2.48. The minimum atomic E-state index is -0.650. The number of ketones is 2. The molecular weight excluding hydrogens is 420 g/mol. The Bertz CT molecular complexity index is 831. The van der Waals surface area contributed by atoms with Crippen LogP contribution in [0, 0.1) is 34.5 Å². The van der Waals surface area contributed by atoms with Crippen LogP contribution in [-0.2, 0) is 14.3 Å². The smallest absolute Gasteiger partial charge is 0.162 e. The van der Waals surface area contributed by atoms with E-state index in [0.717, 1.165) is 62.5 Å². The third kappa shape index (κ3) is 3.32. The molecule has 4 aliphatic carbocycles. The lowest BCUT2D eigenvalue weighted by Gasteiger charge is -2.61. The highest BCUT2D eigenvalue weighted by Gasteiger charge is 2.67. The largest absolute Gasteiger partial charge is 0.367 e. The van der Waals surface area contributed by atoms with E-state index in [1.807, 2.05) is 6.08 Å². The quantitative estimate of drug-likeness (QED) is 0.314. The zero-order valence-electron chi connectivity index (χ0n) is 20.5. The molecule has 3 fully saturated rings. The molecule has 0 saturated heterocycles. The minimum Gasteiger partial charge on any atom is -0.367 e. The molecule has 0 radical (unpaired) electrons. The van der Waals surface area contributed by atoms with Crippen molar-refractivity contribution in [2.24, 2.45) is 34.5 Å². The van der Waals surface area contributed by atoms with Gasteiger partial charge in [-0.3, -0.25) is 9.59 Å². The molecule has 3 nitrogen and oxygen atoms in total. The average Bonchev–Trinajstić information content (AvgIpc) is 3.06. The molecule has 4 aliphatic rings. The van der Waals surface area contributed by atoms with Gasteiger partial charge in [-0.2, -0.15) is 0 Å². The Morgan fingerprint density at radius 2 is 1.91 bits per heavy atom. The Morgan fingerprint density at radius 3 is 2.56 bits per heavy atom. The van der Waals surface area contributed by atoms with Crippen LogP contribution in [0.15, 0.2) is 23.8 Å². The van der Waals surface area contributed by atoms with Crippen LogP contribution in [0.1, 0.15) is 85.5 Å². The summed E-state index contributed by atoms with van der Waals surface area (Å²) in [5, 5.41) is 0. The van der Waals surface area contributed by atoms with Crippen molar-refractivity contribution in [3.05, 3.63) is 23.8 Å². The minimum absolute atomic E-state index is 0.0968. The van der Waals surface area contributed by atoms with Gasteiger partial charge in [0.1, 0.15) is 5.60 Å². The van der Waals surface area contributed by atoms with Crippen LogP contribution in [0.4, 0.5) is 0 Å². The summed E-state index contributed by atoms with van der Waals surface area (Å²) < 4.78 is 6.57. The van der Waals surface area contributed by atoms with E-state index in [-0.39, 0.29) is 28.3 Å². The van der Waals surface area contributed by atoms with Gasteiger partial charge in [0, 0.05) is 29.7 Å². The summed E-state index contributed by atoms with van der Waals surface area (Å²) in [6.07, 6.45) is 10.6. The summed E-state index contributed by atoms with van der Waals surface area (Å²) in [7, 11) is 0. The molecular formula is C28H41ClO3. The maximum absolute atomic E-state index is 13.1. The molecule has 0 aromatic carbocycles. The molecule has 1 unspecified atom stereocenters. The molecule has 4 heteroatoms. The number of fused-ring (bicyclic) bond motifs is 5. The third-order valence-corrected chi connectivity index (χ3v) is 10.6. The Labute approximate surface area is 199 Å². The predicted octanol–water partition coefficient (Wildman–Crippen LogP) is 6.68. The molecule has 0 N–H and O–H groups in total. The van der Waals surface area contributed by atoms with Crippen molar-refractivity contribution in [3.63, 3.8) is 0 Å². The highest BCUT2D eigenvalue weighted by Crippen LogP contribution is 2.69. The SMILES string of the molecule is C=C1C[C@H]2[C@@H]3CC[C@](OCCCCC)(C(C)=O)[C@@]3(C)CC[C@@H]2[C@]2(C)C1=CC(=O)CC2CCl. The van der Waals surface area contributed by atoms with Crippen LogP contribution in [0.2, 0.25) is 0 Å². The van der Waals surface area contributed by atoms with Crippen LogP contribution in [-0.4, -0.2) is 29.7 Å². The zero-order valence-corrected chi connectivity index (χ0v) is 21.2. The number of carbonyl (C=O) groups is 2. The maximum atomic E-state index is 13.1. The van der Waals surface area contributed by atoms with Gasteiger partial charge in [-0.15, -0.1) is 11.6 Å². The van der Waals surface area contributed by atoms with Crippen molar-refractivity contribution in [3.8, 4) is 0 Å². The first-order valence-corrected chi connectivity index (χ1v) is 13.3. The first-order valence-electron chi connectivity index (χ1n) is 12.8. The molecule has 0 aromatic rings. The van der Waals surface area contributed by atoms with E-state index in [0.29, 0.717) is 36.7 Å². The van der Waals surface area contributed by atoms with Gasteiger partial charge in [0.25, 0.3) is 0 Å². The lowest BCUT2D eigenvalue weighted by Crippen LogP contribution is -2.59. The van der Waals surface area contributed by atoms with Crippen LogP contribution < -0.4 is 0 Å². The van der Waals surface area contributed by atoms with E-state index in [1.54, 1.807) is 6.92 Å². The van der Waals surface area contributed by atoms with E-state index in [4.69, 9.17) is 16.3 Å². The van der Waals surface area contributed by atoms with Gasteiger partial charge < -0.3 is 4.74 Å². The number of ether oxygens (including phenoxy) is 1. The van der Waals surface area contributed by atoms with Crippen molar-refractivity contribution in [1.82, 2.24) is 0 Å². The van der Waals surface area contributed by atoms with Crippen molar-refractivity contribution in [1.29, 1.82) is 0 Å². The molecule has 178 valence electrons. The van der Waals surface area contributed by atoms with Crippen molar-refractivity contribution >= 4 is 23.2 Å². The number of rotatable bonds is 7. The van der Waals surface area contributed by atoms with Crippen LogP contribution in [0.5, 0.6) is 0 Å². The molecule has 7 atom stereocenters. The average molecular weight is 461 g/mol. The Balaban J connectivity index is 1.68. The van der Waals surface area contributed by atoms with E-state index >= 15 is 0 Å². The Morgan fingerprint density at radius 1 is 1.19 bits per heavy atom. The summed E-state index contributed by atoms with van der Waals surface area (Å²) in [6.45, 7) is 13.8. The van der Waals surface area contributed by atoms with E-state index in [2.05, 4.69) is 27.4 Å². The number of alkyl halides is 1. The molecule has 0 spiro atoms. The molecule has 0 bridgehead atoms. The number of allylic oxidation sites excluding steroid dienone is 2. The predicted molar refractivity (Wildman–Crippen MR) is 130 cm³/mol. The fourth-order valence-corrected chi connectivity index (χ4v) is 8.91. The first kappa shape index (κ1) is 24.2. The Kier molecular flexibility index (Phi) is 6.57. The molecule has 0 aliphatic heterocycles. The topological polar surface area (TPSA) is 43.4 Å². The number of hydrogen-bond donors (Lipinski definition) is 0. The third-order valence-electron chi connectivity index (χ3n) is 10.2. The van der Waals surface area contributed by atoms with Gasteiger partial charge in [0.15, 0.2) is 11.6 Å². The van der Waals surface area contributed by atoms with Crippen molar-refractivity contribution in [2.45, 2.75) is 91.1 Å². The number of carbonyl (C=O) groups excluding carboxylic acids is 2. The number of hydrogen-bond acceptors (Lipinski definition) is 3. The first-order chi connectivity index (χ1) is 15.2. The van der Waals surface area contributed by atoms with E-state index < -0.39 is 5.60 Å². The molecule has 32 heavy (non-hydrogen) atoms. The zero-order chi connectivity index (χ0) is 23.3. The normalized spacial score (nSPS) is 43.3. The fraction of sp³-hybridized carbons (Fsp3) is 0.786. The lowest BCUT2D eigenvalue weighted by molar-refractivity contribution is -0.176. The van der Waals surface area contributed by atoms with Crippen LogP contribution in [0.25, 0.3) is 0 Å². The van der Waals surface area contributed by atoms with Gasteiger partial charge in [-0.25, -0.2) is 0 Å². The molecule has 4 rings (SSSR count). The molecule has 0 heterocycles. The molecule has 0 aromatic heterocycles. The van der Waals surface area contributed by atoms with Crippen LogP contribution in [0.3, 0.4) is 0 Å². The van der Waals surface area contributed by atoms with E-state index in [9.17, 15) is 9.59 Å². The van der Waals surface area contributed by atoms with Crippen molar-refractivity contribution in [2.75, 3.05) is 12.5 Å². The van der Waals surface area contributed by atoms with Gasteiger partial charge in [0.05, 0.1) is 0 Å². The number of Topliss-reactive ketones (excluding diaryl/α,β-unsaturated/α-hetero) is 1. The number of unbranched alkanes of at least 4 members (excludes halogenated alkanes) is 2. The lowest BCUT2D eigenvalue weighted by atomic mass is 9.44. The van der Waals surface area contributed by atoms with Gasteiger partial charge in [-0.05, 0) is 80.8 Å². The second-order valence-electron chi connectivity index (χ2n) is 11.5. The van der Waals surface area contributed by atoms with Gasteiger partial charge in [0.2, 0.25) is 0 Å². The molecule has 3 saturated carbocycles. The van der Waals surface area contributed by atoms with E-state index in [1.165, 1.54) is 0 Å². The van der Waals surface area contributed by atoms with Crippen LogP contribution >= 0.6 is 11.6 Å². The highest BCUT2D eigenvalue weighted by molar-refractivity contribution is 6.18.